The number of hydrogen-bond acceptors (Lipinski definition) is 4. The van der Waals surface area contributed by atoms with Gasteiger partial charge < -0.3 is 11.1 Å². The van der Waals surface area contributed by atoms with Crippen LogP contribution in [0.5, 0.6) is 0 Å². The van der Waals surface area contributed by atoms with E-state index in [1.807, 2.05) is 0 Å². The van der Waals surface area contributed by atoms with Crippen molar-refractivity contribution in [2.75, 3.05) is 11.1 Å². The van der Waals surface area contributed by atoms with Crippen molar-refractivity contribution in [3.63, 3.8) is 0 Å². The average Bonchev–Trinajstić information content (AvgIpc) is 2.35. The predicted octanol–water partition coefficient (Wildman–Crippen LogP) is 2.18. The van der Waals surface area contributed by atoms with Crippen LogP contribution >= 0.6 is 11.3 Å². The summed E-state index contributed by atoms with van der Waals surface area (Å²) in [6.45, 7) is 6.49. The minimum Gasteiger partial charge on any atom is -0.389 e. The fourth-order valence-corrected chi connectivity index (χ4v) is 1.39. The summed E-state index contributed by atoms with van der Waals surface area (Å²) in [5, 5.41) is 4.96. The molecule has 68 valence electrons. The molecule has 3 N–H and O–H groups in total. The zero-order valence-corrected chi connectivity index (χ0v) is 8.48. The minimum atomic E-state index is 0.440. The SMILES string of the molecule is CC(C)C(C)Nc1ncc(N)s1. The highest BCUT2D eigenvalue weighted by Gasteiger charge is 2.07. The molecule has 0 fully saturated rings. The summed E-state index contributed by atoms with van der Waals surface area (Å²) in [5.41, 5.74) is 5.55. The molecule has 1 rings (SSSR count). The molecule has 0 bridgehead atoms. The van der Waals surface area contributed by atoms with Crippen molar-refractivity contribution < 1.29 is 0 Å². The van der Waals surface area contributed by atoms with Crippen LogP contribution in [0.15, 0.2) is 6.20 Å². The van der Waals surface area contributed by atoms with E-state index in [-0.39, 0.29) is 0 Å². The first-order chi connectivity index (χ1) is 5.59. The van der Waals surface area contributed by atoms with Crippen LogP contribution in [-0.4, -0.2) is 11.0 Å². The molecule has 0 aliphatic carbocycles. The lowest BCUT2D eigenvalue weighted by Gasteiger charge is -2.15. The van der Waals surface area contributed by atoms with E-state index in [9.17, 15) is 0 Å². The van der Waals surface area contributed by atoms with Crippen LogP contribution < -0.4 is 11.1 Å². The van der Waals surface area contributed by atoms with Crippen LogP contribution in [0.3, 0.4) is 0 Å². The van der Waals surface area contributed by atoms with E-state index in [2.05, 4.69) is 31.1 Å². The van der Waals surface area contributed by atoms with E-state index >= 15 is 0 Å². The van der Waals surface area contributed by atoms with Crippen molar-refractivity contribution in [3.8, 4) is 0 Å². The Bertz CT molecular complexity index is 244. The lowest BCUT2D eigenvalue weighted by atomic mass is 10.1. The van der Waals surface area contributed by atoms with Crippen molar-refractivity contribution in [1.29, 1.82) is 0 Å². The number of nitrogens with zero attached hydrogens (tertiary/aromatic N) is 1. The van der Waals surface area contributed by atoms with Gasteiger partial charge in [0, 0.05) is 6.04 Å². The van der Waals surface area contributed by atoms with Gasteiger partial charge in [0.25, 0.3) is 0 Å². The van der Waals surface area contributed by atoms with Gasteiger partial charge in [-0.2, -0.15) is 0 Å². The van der Waals surface area contributed by atoms with Gasteiger partial charge in [0.05, 0.1) is 6.20 Å². The Kier molecular flexibility index (Phi) is 2.92. The summed E-state index contributed by atoms with van der Waals surface area (Å²) in [6.07, 6.45) is 1.68. The van der Waals surface area contributed by atoms with Crippen LogP contribution in [0.2, 0.25) is 0 Å². The summed E-state index contributed by atoms with van der Waals surface area (Å²) < 4.78 is 0. The lowest BCUT2D eigenvalue weighted by molar-refractivity contribution is 0.559. The molecular weight excluding hydrogens is 170 g/mol. The van der Waals surface area contributed by atoms with Crippen LogP contribution in [-0.2, 0) is 0 Å². The predicted molar refractivity (Wildman–Crippen MR) is 54.4 cm³/mol. The molecule has 0 aliphatic rings. The van der Waals surface area contributed by atoms with Gasteiger partial charge in [-0.15, -0.1) is 0 Å². The van der Waals surface area contributed by atoms with E-state index in [1.165, 1.54) is 11.3 Å². The molecule has 1 aromatic rings. The molecule has 0 amide bonds. The van der Waals surface area contributed by atoms with Gasteiger partial charge in [0.15, 0.2) is 5.13 Å². The Labute approximate surface area is 77.0 Å². The van der Waals surface area contributed by atoms with E-state index in [0.29, 0.717) is 12.0 Å². The number of thiazole rings is 1. The van der Waals surface area contributed by atoms with E-state index in [0.717, 1.165) is 10.1 Å². The van der Waals surface area contributed by atoms with Gasteiger partial charge in [-0.1, -0.05) is 25.2 Å². The monoisotopic (exact) mass is 185 g/mol. The highest BCUT2D eigenvalue weighted by molar-refractivity contribution is 7.19. The van der Waals surface area contributed by atoms with E-state index in [4.69, 9.17) is 5.73 Å². The third kappa shape index (κ3) is 2.37. The molecule has 1 atom stereocenters. The maximum Gasteiger partial charge on any atom is 0.184 e. The maximum absolute atomic E-state index is 5.55. The van der Waals surface area contributed by atoms with Gasteiger partial charge in [-0.25, -0.2) is 4.98 Å². The Morgan fingerprint density at radius 3 is 2.58 bits per heavy atom. The van der Waals surface area contributed by atoms with Gasteiger partial charge in [-0.3, -0.25) is 0 Å². The van der Waals surface area contributed by atoms with Crippen LogP contribution in [0.25, 0.3) is 0 Å². The minimum absolute atomic E-state index is 0.440. The van der Waals surface area contributed by atoms with E-state index < -0.39 is 0 Å². The topological polar surface area (TPSA) is 50.9 Å². The Hall–Kier alpha value is -0.770. The number of rotatable bonds is 3. The standard InChI is InChI=1S/C8H15N3S/c1-5(2)6(3)11-8-10-4-7(9)12-8/h4-6H,9H2,1-3H3,(H,10,11). The molecule has 1 heterocycles. The lowest BCUT2D eigenvalue weighted by Crippen LogP contribution is -2.21. The van der Waals surface area contributed by atoms with Gasteiger partial charge in [0.1, 0.15) is 5.00 Å². The molecule has 0 saturated carbocycles. The Balaban J connectivity index is 2.52. The second-order valence-electron chi connectivity index (χ2n) is 3.24. The highest BCUT2D eigenvalue weighted by Crippen LogP contribution is 2.21. The Morgan fingerprint density at radius 2 is 2.17 bits per heavy atom. The zero-order chi connectivity index (χ0) is 9.14. The summed E-state index contributed by atoms with van der Waals surface area (Å²) in [6, 6.07) is 0.440. The van der Waals surface area contributed by atoms with Gasteiger partial charge in [0.2, 0.25) is 0 Å². The molecule has 0 saturated heterocycles. The molecular formula is C8H15N3S. The number of nitrogens with two attached hydrogens (primary N) is 1. The fourth-order valence-electron chi connectivity index (χ4n) is 0.715. The second kappa shape index (κ2) is 3.76. The summed E-state index contributed by atoms with van der Waals surface area (Å²) in [7, 11) is 0. The molecule has 12 heavy (non-hydrogen) atoms. The quantitative estimate of drug-likeness (QED) is 0.759. The first kappa shape index (κ1) is 9.32. The Morgan fingerprint density at radius 1 is 1.50 bits per heavy atom. The van der Waals surface area contributed by atoms with Crippen molar-refractivity contribution in [2.45, 2.75) is 26.8 Å². The van der Waals surface area contributed by atoms with Crippen molar-refractivity contribution in [2.24, 2.45) is 5.92 Å². The molecule has 0 aromatic carbocycles. The van der Waals surface area contributed by atoms with Crippen LogP contribution in [0, 0.1) is 5.92 Å². The third-order valence-electron chi connectivity index (χ3n) is 1.87. The van der Waals surface area contributed by atoms with Crippen molar-refractivity contribution >= 4 is 21.5 Å². The molecule has 4 heteroatoms. The molecule has 0 spiro atoms. The molecule has 3 nitrogen and oxygen atoms in total. The van der Waals surface area contributed by atoms with Crippen LogP contribution in [0.4, 0.5) is 10.1 Å². The summed E-state index contributed by atoms with van der Waals surface area (Å²) in [4.78, 5) is 4.12. The second-order valence-corrected chi connectivity index (χ2v) is 4.31. The van der Waals surface area contributed by atoms with E-state index in [1.54, 1.807) is 6.20 Å². The number of hydrogen-bond donors (Lipinski definition) is 2. The zero-order valence-electron chi connectivity index (χ0n) is 7.66. The first-order valence-corrected chi connectivity index (χ1v) is 4.89. The largest absolute Gasteiger partial charge is 0.389 e. The first-order valence-electron chi connectivity index (χ1n) is 4.07. The van der Waals surface area contributed by atoms with Gasteiger partial charge >= 0.3 is 0 Å². The van der Waals surface area contributed by atoms with Crippen LogP contribution in [0.1, 0.15) is 20.8 Å². The normalized spacial score (nSPS) is 13.3. The fraction of sp³-hybridized carbons (Fsp3) is 0.625. The molecule has 0 radical (unpaired) electrons. The molecule has 1 aromatic heterocycles. The number of aromatic nitrogens is 1. The summed E-state index contributed by atoms with van der Waals surface area (Å²) in [5.74, 6) is 0.607. The third-order valence-corrected chi connectivity index (χ3v) is 2.63. The smallest absolute Gasteiger partial charge is 0.184 e. The molecule has 1 unspecified atom stereocenters. The number of anilines is 2. The maximum atomic E-state index is 5.55. The summed E-state index contributed by atoms with van der Waals surface area (Å²) >= 11 is 1.49. The van der Waals surface area contributed by atoms with Crippen molar-refractivity contribution in [1.82, 2.24) is 4.98 Å². The average molecular weight is 185 g/mol. The number of nitrogen functional groups attached to an aromatic ring is 1. The van der Waals surface area contributed by atoms with Crippen molar-refractivity contribution in [3.05, 3.63) is 6.20 Å². The number of nitrogens with one attached hydrogen (secondary N) is 1. The highest BCUT2D eigenvalue weighted by atomic mass is 32.1. The van der Waals surface area contributed by atoms with Gasteiger partial charge in [-0.05, 0) is 12.8 Å². The molecule has 0 aliphatic heterocycles.